The van der Waals surface area contributed by atoms with Gasteiger partial charge in [-0.05, 0) is 106 Å². The molecular formula is C54H60N4O14S4. The molecule has 0 radical (unpaired) electrons. The lowest BCUT2D eigenvalue weighted by atomic mass is 9.77. The van der Waals surface area contributed by atoms with E-state index in [0.717, 1.165) is 16.7 Å². The first-order valence-electron chi connectivity index (χ1n) is 24.5. The molecule has 3 heterocycles. The molecule has 2 amide bonds. The van der Waals surface area contributed by atoms with Crippen molar-refractivity contribution in [2.45, 2.75) is 99.3 Å². The summed E-state index contributed by atoms with van der Waals surface area (Å²) in [5, 5.41) is 2.87. The van der Waals surface area contributed by atoms with E-state index >= 15 is 0 Å². The molecule has 4 aromatic carbocycles. The second-order valence-electron chi connectivity index (χ2n) is 19.6. The van der Waals surface area contributed by atoms with Crippen LogP contribution in [0, 0.1) is 11.8 Å². The van der Waals surface area contributed by atoms with Gasteiger partial charge in [0.1, 0.15) is 16.7 Å². The molecule has 1 atom stereocenters. The lowest BCUT2D eigenvalue weighted by Crippen LogP contribution is -2.35. The zero-order valence-corrected chi connectivity index (χ0v) is 45.4. The van der Waals surface area contributed by atoms with Crippen molar-refractivity contribution in [1.82, 2.24) is 5.32 Å². The summed E-state index contributed by atoms with van der Waals surface area (Å²) in [6.07, 6.45) is 10.8. The fourth-order valence-corrected chi connectivity index (χ4v) is 12.1. The number of unbranched alkanes of at least 4 members (excludes halogenated alkanes) is 2. The molecule has 4 aromatic rings. The number of nitrogens with zero attached hydrogens (tertiary/aromatic N) is 3. The van der Waals surface area contributed by atoms with Gasteiger partial charge in [0.2, 0.25) is 17.5 Å². The summed E-state index contributed by atoms with van der Waals surface area (Å²) in [7, 11) is -18.1. The van der Waals surface area contributed by atoms with E-state index in [1.807, 2.05) is 74.2 Å². The largest absolute Gasteiger partial charge is 0.744 e. The number of hydrogen-bond donors (Lipinski definition) is 4. The highest BCUT2D eigenvalue weighted by atomic mass is 32.2. The van der Waals surface area contributed by atoms with Crippen LogP contribution in [0.5, 0.6) is 0 Å². The van der Waals surface area contributed by atoms with Crippen LogP contribution >= 0.6 is 0 Å². The second-order valence-corrected chi connectivity index (χ2v) is 25.5. The molecule has 4 N–H and O–H groups in total. The van der Waals surface area contributed by atoms with Crippen LogP contribution in [0.3, 0.4) is 0 Å². The lowest BCUT2D eigenvalue weighted by Gasteiger charge is -2.30. The predicted molar refractivity (Wildman–Crippen MR) is 287 cm³/mol. The third kappa shape index (κ3) is 13.8. The monoisotopic (exact) mass is 1120 g/mol. The third-order valence-corrected chi connectivity index (χ3v) is 17.2. The van der Waals surface area contributed by atoms with Gasteiger partial charge in [-0.1, -0.05) is 73.2 Å². The van der Waals surface area contributed by atoms with E-state index in [9.17, 15) is 61.5 Å². The van der Waals surface area contributed by atoms with Crippen molar-refractivity contribution < 1.29 is 66.0 Å². The van der Waals surface area contributed by atoms with Crippen LogP contribution in [-0.2, 0) is 67.4 Å². The summed E-state index contributed by atoms with van der Waals surface area (Å²) < 4.78 is 139. The molecule has 7 rings (SSSR count). The van der Waals surface area contributed by atoms with E-state index in [0.29, 0.717) is 71.8 Å². The molecule has 3 aliphatic heterocycles. The van der Waals surface area contributed by atoms with Crippen LogP contribution in [0.4, 0.5) is 17.1 Å². The summed E-state index contributed by atoms with van der Waals surface area (Å²) in [5.74, 6) is 4.87. The van der Waals surface area contributed by atoms with Crippen molar-refractivity contribution in [2.75, 3.05) is 40.9 Å². The van der Waals surface area contributed by atoms with E-state index in [1.54, 1.807) is 39.9 Å². The average molecular weight is 1120 g/mol. The Morgan fingerprint density at radius 1 is 0.724 bits per heavy atom. The number of anilines is 2. The molecule has 0 spiro atoms. The minimum Gasteiger partial charge on any atom is -0.744 e. The second kappa shape index (κ2) is 23.1. The van der Waals surface area contributed by atoms with E-state index in [2.05, 4.69) is 17.2 Å². The molecule has 0 aliphatic carbocycles. The number of allylic oxidation sites excluding steroid dienone is 6. The fourth-order valence-electron chi connectivity index (χ4n) is 10.1. The highest BCUT2D eigenvalue weighted by Gasteiger charge is 2.46. The minimum atomic E-state index is -4.91. The van der Waals surface area contributed by atoms with Gasteiger partial charge < -0.3 is 19.7 Å². The average Bonchev–Trinajstić information content (AvgIpc) is 3.68. The van der Waals surface area contributed by atoms with Crippen LogP contribution in [-0.4, -0.2) is 105 Å². The lowest BCUT2D eigenvalue weighted by molar-refractivity contribution is -0.437. The Balaban J connectivity index is 1.08. The summed E-state index contributed by atoms with van der Waals surface area (Å²) in [5.41, 5.74) is 4.71. The zero-order valence-electron chi connectivity index (χ0n) is 42.2. The maximum absolute atomic E-state index is 13.7. The molecule has 1 unspecified atom stereocenters. The van der Waals surface area contributed by atoms with Crippen LogP contribution in [0.1, 0.15) is 100.0 Å². The Hall–Kier alpha value is -6.29. The van der Waals surface area contributed by atoms with E-state index in [-0.39, 0.29) is 62.0 Å². The molecule has 76 heavy (non-hydrogen) atoms. The Bertz CT molecular complexity index is 3600. The number of rotatable bonds is 22. The van der Waals surface area contributed by atoms with Gasteiger partial charge in [0.15, 0.2) is 5.71 Å². The molecule has 404 valence electrons. The highest BCUT2D eigenvalue weighted by molar-refractivity contribution is 7.86. The zero-order chi connectivity index (χ0) is 55.3. The number of nitrogens with one attached hydrogen (secondary N) is 1. The molecule has 0 saturated heterocycles. The Morgan fingerprint density at radius 2 is 1.38 bits per heavy atom. The summed E-state index contributed by atoms with van der Waals surface area (Å²) >= 11 is 0. The molecule has 0 aromatic heterocycles. The molecule has 22 heteroatoms. The Labute approximate surface area is 444 Å². The third-order valence-electron chi connectivity index (χ3n) is 13.9. The number of para-hydroxylation sites is 1. The first kappa shape index (κ1) is 57.4. The van der Waals surface area contributed by atoms with Crippen LogP contribution < -0.4 is 15.1 Å². The van der Waals surface area contributed by atoms with Gasteiger partial charge in [0.25, 0.3) is 30.4 Å². The fraction of sp³-hybridized carbons (Fsp3) is 0.352. The van der Waals surface area contributed by atoms with Crippen molar-refractivity contribution in [2.24, 2.45) is 0 Å². The van der Waals surface area contributed by atoms with Crippen molar-refractivity contribution in [3.8, 4) is 11.8 Å². The van der Waals surface area contributed by atoms with Crippen molar-refractivity contribution >= 4 is 75.1 Å². The number of carbonyl (C=O) groups excluding carboxylic acids is 2. The quantitative estimate of drug-likeness (QED) is 0.0204. The first-order valence-corrected chi connectivity index (χ1v) is 30.6. The Kier molecular flexibility index (Phi) is 17.5. The van der Waals surface area contributed by atoms with Crippen LogP contribution in [0.2, 0.25) is 0 Å². The van der Waals surface area contributed by atoms with Crippen molar-refractivity contribution in [3.05, 3.63) is 149 Å². The maximum atomic E-state index is 13.7. The Morgan fingerprint density at radius 3 is 2.09 bits per heavy atom. The molecule has 0 saturated carbocycles. The van der Waals surface area contributed by atoms with Gasteiger partial charge in [-0.2, -0.15) is 29.8 Å². The van der Waals surface area contributed by atoms with Crippen molar-refractivity contribution in [3.63, 3.8) is 0 Å². The molecule has 0 bridgehead atoms. The van der Waals surface area contributed by atoms with Gasteiger partial charge in [0.05, 0.1) is 38.9 Å². The van der Waals surface area contributed by atoms with Gasteiger partial charge in [-0.25, -0.2) is 8.42 Å². The van der Waals surface area contributed by atoms with Gasteiger partial charge in [-0.3, -0.25) is 23.2 Å². The maximum Gasteiger partial charge on any atom is 0.294 e. The van der Waals surface area contributed by atoms with E-state index in [1.165, 1.54) is 36.4 Å². The number of amides is 2. The first-order chi connectivity index (χ1) is 35.7. The van der Waals surface area contributed by atoms with Crippen LogP contribution in [0.25, 0.3) is 0 Å². The number of benzene rings is 4. The van der Waals surface area contributed by atoms with Crippen molar-refractivity contribution in [1.29, 1.82) is 0 Å². The van der Waals surface area contributed by atoms with Gasteiger partial charge in [-0.15, -0.1) is 0 Å². The number of carbonyl (C=O) groups is 2. The number of fused-ring (bicyclic) bond motifs is 4. The normalized spacial score (nSPS) is 17.8. The summed E-state index contributed by atoms with van der Waals surface area (Å²) in [6.45, 7) is 6.18. The summed E-state index contributed by atoms with van der Waals surface area (Å²) in [6, 6.07) is 23.2. The summed E-state index contributed by atoms with van der Waals surface area (Å²) in [4.78, 5) is 29.5. The molecule has 0 fully saturated rings. The standard InChI is InChI=1S/C54H60N4O14S4/c1-53(2)44-36-42(75(67,68)69)25-27-47(44)56(32-14-34-73(61,62)63)49(53)20-6-4-7-21-50-54(3,45-37-43(76(70,71)72)26-28-48(45)57(50)33-15-35-74(64,65)66)30-13-5-8-22-51(59)55-31-29-52(60)58-38-41-18-10-9-16-39(41)23-24-40-17-11-12-19-46(40)58/h4,6-7,9-12,16-21,25-28,36-37H,5,8,13-15,22,29-35,38H2,1-3H3,(H4-,55,59,61,62,63,64,65,66,67,68,69,70,71,72). The molecule has 18 nitrogen and oxygen atoms in total. The van der Waals surface area contributed by atoms with Gasteiger partial charge in [0, 0.05) is 78.0 Å². The predicted octanol–water partition coefficient (Wildman–Crippen LogP) is 6.95. The minimum absolute atomic E-state index is 0.0213. The van der Waals surface area contributed by atoms with E-state index < -0.39 is 67.7 Å². The van der Waals surface area contributed by atoms with Gasteiger partial charge >= 0.3 is 0 Å². The SMILES string of the molecule is CC1(C)C(C=CC=CC=C2N(CCCS(=O)(=O)O)c3ccc(S(=O)(=O)[O-])cc3C2(C)CCCCCC(=O)NCCC(=O)N2Cc3ccccc3C#Cc3ccccc32)=[N+](CCCS(=O)(=O)O)c2ccc(S(=O)(=O)O)cc21. The van der Waals surface area contributed by atoms with E-state index in [4.69, 9.17) is 0 Å². The topological polar surface area (TPSA) is 276 Å². The van der Waals surface area contributed by atoms with Crippen LogP contribution in [0.15, 0.2) is 131 Å². The molecular weight excluding hydrogens is 1060 g/mol. The highest BCUT2D eigenvalue weighted by Crippen LogP contribution is 2.51. The smallest absolute Gasteiger partial charge is 0.294 e. The number of hydrogen-bond acceptors (Lipinski definition) is 12. The molecule has 3 aliphatic rings.